The number of ether oxygens (including phenoxy) is 1. The minimum absolute atomic E-state index is 0.650. The van der Waals surface area contributed by atoms with Crippen LogP contribution in [0.15, 0.2) is 17.0 Å². The number of benzene rings is 1. The van der Waals surface area contributed by atoms with Crippen LogP contribution in [0, 0.1) is 6.92 Å². The van der Waals surface area contributed by atoms with E-state index >= 15 is 0 Å². The zero-order valence-corrected chi connectivity index (χ0v) is 8.04. The SMILES string of the molecule is COc1cc(Cl)cc(S)c1C. The van der Waals surface area contributed by atoms with Gasteiger partial charge < -0.3 is 4.74 Å². The third kappa shape index (κ3) is 1.82. The Morgan fingerprint density at radius 2 is 2.09 bits per heavy atom. The molecule has 0 aliphatic rings. The van der Waals surface area contributed by atoms with E-state index in [-0.39, 0.29) is 0 Å². The number of methoxy groups -OCH3 is 1. The second kappa shape index (κ2) is 3.37. The maximum atomic E-state index is 5.77. The minimum Gasteiger partial charge on any atom is -0.496 e. The van der Waals surface area contributed by atoms with E-state index < -0.39 is 0 Å². The van der Waals surface area contributed by atoms with Crippen LogP contribution >= 0.6 is 24.2 Å². The van der Waals surface area contributed by atoms with Gasteiger partial charge in [-0.05, 0) is 19.1 Å². The van der Waals surface area contributed by atoms with Gasteiger partial charge in [0.2, 0.25) is 0 Å². The maximum absolute atomic E-state index is 5.77. The van der Waals surface area contributed by atoms with E-state index in [1.54, 1.807) is 19.2 Å². The first-order valence-electron chi connectivity index (χ1n) is 3.18. The first-order valence-corrected chi connectivity index (χ1v) is 4.00. The molecular formula is C8H9ClOS. The lowest BCUT2D eigenvalue weighted by Crippen LogP contribution is -1.87. The van der Waals surface area contributed by atoms with Crippen LogP contribution in [0.5, 0.6) is 5.75 Å². The monoisotopic (exact) mass is 188 g/mol. The molecule has 0 unspecified atom stereocenters. The number of thiol groups is 1. The molecule has 0 aromatic heterocycles. The van der Waals surface area contributed by atoms with Crippen LogP contribution in [-0.2, 0) is 0 Å². The molecule has 1 aromatic carbocycles. The molecule has 60 valence electrons. The molecule has 11 heavy (non-hydrogen) atoms. The molecule has 1 rings (SSSR count). The summed E-state index contributed by atoms with van der Waals surface area (Å²) in [6, 6.07) is 3.57. The van der Waals surface area contributed by atoms with Crippen molar-refractivity contribution in [3.8, 4) is 5.75 Å². The molecule has 0 aliphatic carbocycles. The Bertz CT molecular complexity index is 273. The molecule has 0 radical (unpaired) electrons. The highest BCUT2D eigenvalue weighted by Crippen LogP contribution is 2.28. The van der Waals surface area contributed by atoms with E-state index in [0.717, 1.165) is 16.2 Å². The second-order valence-corrected chi connectivity index (χ2v) is 3.17. The Morgan fingerprint density at radius 3 is 2.64 bits per heavy atom. The fourth-order valence-electron chi connectivity index (χ4n) is 0.852. The van der Waals surface area contributed by atoms with Gasteiger partial charge in [-0.1, -0.05) is 11.6 Å². The fourth-order valence-corrected chi connectivity index (χ4v) is 1.39. The summed E-state index contributed by atoms with van der Waals surface area (Å²) < 4.78 is 5.07. The number of hydrogen-bond acceptors (Lipinski definition) is 2. The summed E-state index contributed by atoms with van der Waals surface area (Å²) >= 11 is 10.00. The van der Waals surface area contributed by atoms with Gasteiger partial charge in [0.25, 0.3) is 0 Å². The van der Waals surface area contributed by atoms with E-state index in [1.165, 1.54) is 0 Å². The van der Waals surface area contributed by atoms with E-state index in [0.29, 0.717) is 5.02 Å². The Balaban J connectivity index is 3.24. The van der Waals surface area contributed by atoms with E-state index in [4.69, 9.17) is 16.3 Å². The largest absolute Gasteiger partial charge is 0.496 e. The molecule has 0 saturated carbocycles. The molecule has 0 spiro atoms. The van der Waals surface area contributed by atoms with Gasteiger partial charge in [-0.3, -0.25) is 0 Å². The number of halogens is 1. The van der Waals surface area contributed by atoms with Gasteiger partial charge in [0, 0.05) is 15.5 Å². The van der Waals surface area contributed by atoms with Gasteiger partial charge in [0.15, 0.2) is 0 Å². The Labute approximate surface area is 76.7 Å². The van der Waals surface area contributed by atoms with Crippen molar-refractivity contribution in [2.45, 2.75) is 11.8 Å². The third-order valence-corrected chi connectivity index (χ3v) is 2.20. The van der Waals surface area contributed by atoms with Gasteiger partial charge in [-0.25, -0.2) is 0 Å². The van der Waals surface area contributed by atoms with E-state index in [9.17, 15) is 0 Å². The normalized spacial score (nSPS) is 9.82. The van der Waals surface area contributed by atoms with E-state index in [1.807, 2.05) is 6.92 Å². The van der Waals surface area contributed by atoms with Crippen molar-refractivity contribution in [1.82, 2.24) is 0 Å². The predicted octanol–water partition coefficient (Wildman–Crippen LogP) is 2.95. The molecule has 0 N–H and O–H groups in total. The molecule has 0 saturated heterocycles. The average Bonchev–Trinajstić information content (AvgIpc) is 1.96. The van der Waals surface area contributed by atoms with Gasteiger partial charge in [0.1, 0.15) is 5.75 Å². The second-order valence-electron chi connectivity index (χ2n) is 2.25. The van der Waals surface area contributed by atoms with Crippen molar-refractivity contribution in [3.05, 3.63) is 22.7 Å². The molecule has 0 fully saturated rings. The molecule has 1 aromatic rings. The maximum Gasteiger partial charge on any atom is 0.124 e. The standard InChI is InChI=1S/C8H9ClOS/c1-5-7(10-2)3-6(9)4-8(5)11/h3-4,11H,1-2H3. The van der Waals surface area contributed by atoms with Gasteiger partial charge in [-0.15, -0.1) is 12.6 Å². The van der Waals surface area contributed by atoms with Crippen molar-refractivity contribution in [3.63, 3.8) is 0 Å². The number of rotatable bonds is 1. The first-order chi connectivity index (χ1) is 5.15. The smallest absolute Gasteiger partial charge is 0.124 e. The predicted molar refractivity (Wildman–Crippen MR) is 50.0 cm³/mol. The van der Waals surface area contributed by atoms with Crippen LogP contribution in [0.2, 0.25) is 5.02 Å². The van der Waals surface area contributed by atoms with Crippen LogP contribution in [0.3, 0.4) is 0 Å². The van der Waals surface area contributed by atoms with Crippen molar-refractivity contribution in [2.24, 2.45) is 0 Å². The Kier molecular flexibility index (Phi) is 2.68. The minimum atomic E-state index is 0.650. The zero-order valence-electron chi connectivity index (χ0n) is 6.39. The van der Waals surface area contributed by atoms with Crippen molar-refractivity contribution in [1.29, 1.82) is 0 Å². The van der Waals surface area contributed by atoms with Crippen LogP contribution in [0.1, 0.15) is 5.56 Å². The summed E-state index contributed by atoms with van der Waals surface area (Å²) in [5.74, 6) is 0.780. The van der Waals surface area contributed by atoms with Crippen LogP contribution in [0.4, 0.5) is 0 Å². The summed E-state index contributed by atoms with van der Waals surface area (Å²) in [7, 11) is 1.62. The molecule has 0 amide bonds. The van der Waals surface area contributed by atoms with Gasteiger partial charge in [-0.2, -0.15) is 0 Å². The molecule has 0 atom stereocenters. The first kappa shape index (κ1) is 8.75. The highest BCUT2D eigenvalue weighted by Gasteiger charge is 2.02. The highest BCUT2D eigenvalue weighted by atomic mass is 35.5. The lowest BCUT2D eigenvalue weighted by molar-refractivity contribution is 0.410. The molecule has 0 bridgehead atoms. The van der Waals surface area contributed by atoms with Crippen molar-refractivity contribution in [2.75, 3.05) is 7.11 Å². The number of hydrogen-bond donors (Lipinski definition) is 1. The van der Waals surface area contributed by atoms with Gasteiger partial charge in [0.05, 0.1) is 7.11 Å². The lowest BCUT2D eigenvalue weighted by Gasteiger charge is -2.06. The van der Waals surface area contributed by atoms with Gasteiger partial charge >= 0.3 is 0 Å². The molecule has 0 aliphatic heterocycles. The summed E-state index contributed by atoms with van der Waals surface area (Å²) in [5, 5.41) is 0.650. The summed E-state index contributed by atoms with van der Waals surface area (Å²) in [4.78, 5) is 0.856. The average molecular weight is 189 g/mol. The summed E-state index contributed by atoms with van der Waals surface area (Å²) in [6.45, 7) is 1.94. The zero-order chi connectivity index (χ0) is 8.43. The lowest BCUT2D eigenvalue weighted by atomic mass is 10.2. The van der Waals surface area contributed by atoms with Crippen molar-refractivity contribution >= 4 is 24.2 Å². The third-order valence-electron chi connectivity index (χ3n) is 1.52. The highest BCUT2D eigenvalue weighted by molar-refractivity contribution is 7.80. The fraction of sp³-hybridized carbons (Fsp3) is 0.250. The van der Waals surface area contributed by atoms with Crippen LogP contribution < -0.4 is 4.74 Å². The molecular weight excluding hydrogens is 180 g/mol. The Hall–Kier alpha value is -0.340. The van der Waals surface area contributed by atoms with E-state index in [2.05, 4.69) is 12.6 Å². The Morgan fingerprint density at radius 1 is 1.45 bits per heavy atom. The molecule has 0 heterocycles. The van der Waals surface area contributed by atoms with Crippen molar-refractivity contribution < 1.29 is 4.74 Å². The summed E-state index contributed by atoms with van der Waals surface area (Å²) in [5.41, 5.74) is 1.01. The summed E-state index contributed by atoms with van der Waals surface area (Å²) in [6.07, 6.45) is 0. The van der Waals surface area contributed by atoms with Crippen LogP contribution in [-0.4, -0.2) is 7.11 Å². The van der Waals surface area contributed by atoms with Crippen LogP contribution in [0.25, 0.3) is 0 Å². The molecule has 3 heteroatoms. The quantitative estimate of drug-likeness (QED) is 0.667. The molecule has 1 nitrogen and oxygen atoms in total. The topological polar surface area (TPSA) is 9.23 Å².